The zero-order valence-electron chi connectivity index (χ0n) is 13.6. The topological polar surface area (TPSA) is 30.9 Å². The van der Waals surface area contributed by atoms with Gasteiger partial charge in [0.1, 0.15) is 0 Å². The van der Waals surface area contributed by atoms with E-state index in [2.05, 4.69) is 49.2 Å². The van der Waals surface area contributed by atoms with Crippen molar-refractivity contribution >= 4 is 0 Å². The van der Waals surface area contributed by atoms with Gasteiger partial charge in [-0.15, -0.1) is 0 Å². The van der Waals surface area contributed by atoms with Crippen LogP contribution < -0.4 is 32.9 Å². The molecule has 0 aliphatic carbocycles. The monoisotopic (exact) mass is 426 g/mol. The van der Waals surface area contributed by atoms with Crippen molar-refractivity contribution in [1.82, 2.24) is 4.90 Å². The molecule has 0 fully saturated rings. The number of methoxy groups -OCH3 is 1. The van der Waals surface area contributed by atoms with Gasteiger partial charge in [-0.2, -0.15) is 0 Å². The number of rotatable bonds is 6. The van der Waals surface area contributed by atoms with Gasteiger partial charge in [0.15, 0.2) is 0 Å². The summed E-state index contributed by atoms with van der Waals surface area (Å²) < 4.78 is 16.7. The van der Waals surface area contributed by atoms with E-state index in [0.29, 0.717) is 5.92 Å². The molecule has 1 aliphatic rings. The van der Waals surface area contributed by atoms with E-state index < -0.39 is 22.0 Å². The Kier molecular flexibility index (Phi) is 5.27. The maximum atomic E-state index is 5.61. The molecule has 1 heterocycles. The average Bonchev–Trinajstić information content (AvgIpc) is 3.01. The third kappa shape index (κ3) is 3.90. The van der Waals surface area contributed by atoms with E-state index in [4.69, 9.17) is 10.9 Å². The Morgan fingerprint density at radius 3 is 2.52 bits per heavy atom. The number of likely N-dealkylation sites (N-methyl/N-ethyl adjacent to an activating group) is 1. The molecule has 0 amide bonds. The number of hydrogen-bond acceptors (Lipinski definition) is 4. The van der Waals surface area contributed by atoms with E-state index in [1.165, 1.54) is 11.1 Å². The predicted molar refractivity (Wildman–Crippen MR) is 85.4 cm³/mol. The summed E-state index contributed by atoms with van der Waals surface area (Å²) in [4.78, 5) is 2.33. The van der Waals surface area contributed by atoms with Crippen LogP contribution in [-0.4, -0.2) is 25.6 Å². The van der Waals surface area contributed by atoms with Crippen molar-refractivity contribution in [3.63, 3.8) is 0 Å². The number of benzene rings is 2. The van der Waals surface area contributed by atoms with Gasteiger partial charge in [-0.3, -0.25) is 0 Å². The minimum absolute atomic E-state index is 0.339. The fraction of sp³-hybridized carbons (Fsp3) is 0.333. The molecule has 0 bridgehead atoms. The fourth-order valence-corrected chi connectivity index (χ4v) is 4.01. The van der Waals surface area contributed by atoms with Gasteiger partial charge < -0.3 is 0 Å². The Bertz CT molecular complexity index is 663. The number of nitrogens with zero attached hydrogens (tertiary/aromatic N) is 1. The zero-order valence-corrected chi connectivity index (χ0v) is 15.7. The molecule has 0 aromatic heterocycles. The summed E-state index contributed by atoms with van der Waals surface area (Å²) in [5.41, 5.74) is 2.49. The van der Waals surface area contributed by atoms with Crippen molar-refractivity contribution in [3.8, 4) is 17.2 Å². The Morgan fingerprint density at radius 2 is 1.83 bits per heavy atom. The van der Waals surface area contributed by atoms with Gasteiger partial charge in [-0.05, 0) is 0 Å². The third-order valence-electron chi connectivity index (χ3n) is 3.94. The van der Waals surface area contributed by atoms with E-state index in [0.717, 1.165) is 30.3 Å². The molecule has 0 saturated heterocycles. The van der Waals surface area contributed by atoms with Crippen LogP contribution in [-0.2, 0) is 6.54 Å². The van der Waals surface area contributed by atoms with Crippen LogP contribution in [0.3, 0.4) is 0 Å². The zero-order chi connectivity index (χ0) is 16.2. The quantitative estimate of drug-likeness (QED) is 0.635. The summed E-state index contributed by atoms with van der Waals surface area (Å²) in [6.45, 7) is 4.10. The molecule has 1 unspecified atom stereocenters. The second kappa shape index (κ2) is 7.40. The molecule has 1 aliphatic heterocycles. The molecule has 0 N–H and O–H groups in total. The number of ether oxygens (including phenoxy) is 1. The first kappa shape index (κ1) is 16.4. The molecule has 0 radical (unpaired) electrons. The Balaban J connectivity index is 1.71. The van der Waals surface area contributed by atoms with Gasteiger partial charge in [0.2, 0.25) is 0 Å². The van der Waals surface area contributed by atoms with Crippen LogP contribution in [0.2, 0.25) is 0 Å². The molecule has 4 nitrogen and oxygen atoms in total. The molecule has 5 heteroatoms. The van der Waals surface area contributed by atoms with Crippen LogP contribution in [0.1, 0.15) is 24.0 Å². The van der Waals surface area contributed by atoms with Crippen molar-refractivity contribution in [2.75, 3.05) is 20.7 Å². The van der Waals surface area contributed by atoms with Crippen molar-refractivity contribution in [1.29, 1.82) is 0 Å². The molecule has 124 valence electrons. The van der Waals surface area contributed by atoms with Crippen LogP contribution in [0.4, 0.5) is 0 Å². The first-order chi connectivity index (χ1) is 11.2. The van der Waals surface area contributed by atoms with Crippen molar-refractivity contribution < 1.29 is 32.9 Å². The number of halogens is 1. The van der Waals surface area contributed by atoms with Gasteiger partial charge in [-0.25, -0.2) is 0 Å². The van der Waals surface area contributed by atoms with E-state index >= 15 is 0 Å². The van der Waals surface area contributed by atoms with E-state index in [-0.39, 0.29) is 0 Å². The van der Waals surface area contributed by atoms with Gasteiger partial charge in [0.25, 0.3) is 0 Å². The second-order valence-corrected chi connectivity index (χ2v) is 7.08. The van der Waals surface area contributed by atoms with Crippen molar-refractivity contribution in [3.05, 3.63) is 53.6 Å². The van der Waals surface area contributed by atoms with E-state index in [1.807, 2.05) is 12.1 Å². The third-order valence-corrected chi connectivity index (χ3v) is 5.25. The van der Waals surface area contributed by atoms with Crippen molar-refractivity contribution in [2.24, 2.45) is 0 Å². The van der Waals surface area contributed by atoms with Crippen LogP contribution in [0, 0.1) is 0 Å². The standard InChI is InChI=1S/C18H21INO3/c1-13(11-20(2)12-14-7-5-4-6-8-14)15-9-17-18(23-19-22-17)10-16(15)21-3/h4-10,13H,11-12H2,1-3H3/q-1. The minimum atomic E-state index is -0.656. The predicted octanol–water partition coefficient (Wildman–Crippen LogP) is 0.621. The molecular weight excluding hydrogens is 405 g/mol. The molecule has 1 atom stereocenters. The maximum absolute atomic E-state index is 5.61. The van der Waals surface area contributed by atoms with Crippen LogP contribution in [0.15, 0.2) is 42.5 Å². The second-order valence-electron chi connectivity index (χ2n) is 5.84. The Morgan fingerprint density at radius 1 is 1.13 bits per heavy atom. The average molecular weight is 426 g/mol. The molecule has 3 rings (SSSR count). The molecule has 2 aromatic rings. The molecule has 23 heavy (non-hydrogen) atoms. The Hall–Kier alpha value is -1.47. The van der Waals surface area contributed by atoms with Crippen LogP contribution in [0.5, 0.6) is 17.2 Å². The van der Waals surface area contributed by atoms with Crippen molar-refractivity contribution in [2.45, 2.75) is 19.4 Å². The summed E-state index contributed by atoms with van der Waals surface area (Å²) in [7, 11) is 3.85. The fourth-order valence-electron chi connectivity index (χ4n) is 2.85. The summed E-state index contributed by atoms with van der Waals surface area (Å²) >= 11 is -0.656. The first-order valence-electron chi connectivity index (χ1n) is 7.60. The Labute approximate surface area is 148 Å². The summed E-state index contributed by atoms with van der Waals surface area (Å²) in [6, 6.07) is 14.5. The van der Waals surface area contributed by atoms with E-state index in [1.54, 1.807) is 7.11 Å². The summed E-state index contributed by atoms with van der Waals surface area (Å²) in [5.74, 6) is 2.87. The van der Waals surface area contributed by atoms with Gasteiger partial charge >= 0.3 is 149 Å². The number of fused-ring (bicyclic) bond motifs is 1. The van der Waals surface area contributed by atoms with Gasteiger partial charge in [0, 0.05) is 0 Å². The van der Waals surface area contributed by atoms with Crippen LogP contribution in [0.25, 0.3) is 0 Å². The first-order valence-corrected chi connectivity index (χ1v) is 9.36. The van der Waals surface area contributed by atoms with E-state index in [9.17, 15) is 0 Å². The van der Waals surface area contributed by atoms with Crippen LogP contribution >= 0.6 is 0 Å². The molecule has 2 aromatic carbocycles. The normalized spacial score (nSPS) is 14.4. The molecule has 0 spiro atoms. The molecular formula is C18H21INO3-. The van der Waals surface area contributed by atoms with Gasteiger partial charge in [0.05, 0.1) is 0 Å². The van der Waals surface area contributed by atoms with Gasteiger partial charge in [-0.1, -0.05) is 0 Å². The molecule has 0 saturated carbocycles. The summed E-state index contributed by atoms with van der Waals surface area (Å²) in [6.07, 6.45) is 0. The SMILES string of the molecule is COc1cc2c(cc1C(C)CN(C)Cc1ccccc1)O[I-]O2. The summed E-state index contributed by atoms with van der Waals surface area (Å²) in [5, 5.41) is 0. The number of hydrogen-bond donors (Lipinski definition) is 0.